The van der Waals surface area contributed by atoms with Crippen LogP contribution < -0.4 is 0 Å². The van der Waals surface area contributed by atoms with E-state index < -0.39 is 16.5 Å². The van der Waals surface area contributed by atoms with Crippen LogP contribution >= 0.6 is 11.6 Å². The number of carbonyl (C=O) groups excluding carboxylic acids is 1. The number of carbonyl (C=O) groups is 1. The van der Waals surface area contributed by atoms with Gasteiger partial charge in [-0.3, -0.25) is 14.9 Å². The normalized spacial score (nSPS) is 10.2. The van der Waals surface area contributed by atoms with E-state index in [1.807, 2.05) is 19.9 Å². The first kappa shape index (κ1) is 16.9. The molecule has 0 saturated heterocycles. The average molecular weight is 311 g/mol. The van der Waals surface area contributed by atoms with Gasteiger partial charge in [0.1, 0.15) is 16.9 Å². The van der Waals surface area contributed by atoms with Gasteiger partial charge in [-0.05, 0) is 12.0 Å². The molecule has 0 aliphatic rings. The summed E-state index contributed by atoms with van der Waals surface area (Å²) in [5, 5.41) is 19.7. The molecular weight excluding hydrogens is 296 g/mol. The molecule has 0 spiro atoms. The lowest BCUT2D eigenvalue weighted by atomic mass is 10.1. The number of nitro groups is 1. The molecule has 1 aromatic heterocycles. The highest BCUT2D eigenvalue weighted by Crippen LogP contribution is 2.22. The minimum absolute atomic E-state index is 0.00808. The van der Waals surface area contributed by atoms with Crippen molar-refractivity contribution < 1.29 is 9.72 Å². The number of nitriles is 1. The van der Waals surface area contributed by atoms with E-state index in [0.717, 1.165) is 6.20 Å². The predicted molar refractivity (Wildman–Crippen MR) is 76.9 cm³/mol. The molecule has 0 bridgehead atoms. The molecule has 0 radical (unpaired) electrons. The Morgan fingerprint density at radius 2 is 2.29 bits per heavy atom. The lowest BCUT2D eigenvalue weighted by molar-refractivity contribution is -0.385. The summed E-state index contributed by atoms with van der Waals surface area (Å²) in [4.78, 5) is 27.9. The maximum Gasteiger partial charge on any atom is 0.300 e. The maximum absolute atomic E-state index is 12.5. The van der Waals surface area contributed by atoms with E-state index in [1.165, 1.54) is 11.0 Å². The molecule has 0 fully saturated rings. The van der Waals surface area contributed by atoms with Gasteiger partial charge in [0.25, 0.3) is 11.6 Å². The van der Waals surface area contributed by atoms with E-state index in [-0.39, 0.29) is 29.6 Å². The van der Waals surface area contributed by atoms with Crippen molar-refractivity contribution in [1.29, 1.82) is 5.26 Å². The average Bonchev–Trinajstić information content (AvgIpc) is 2.41. The zero-order chi connectivity index (χ0) is 16.0. The first-order valence-corrected chi connectivity index (χ1v) is 6.70. The quantitative estimate of drug-likeness (QED) is 0.457. The van der Waals surface area contributed by atoms with Gasteiger partial charge in [0.05, 0.1) is 17.4 Å². The lowest BCUT2D eigenvalue weighted by Crippen LogP contribution is -2.35. The van der Waals surface area contributed by atoms with E-state index in [2.05, 4.69) is 4.98 Å². The van der Waals surface area contributed by atoms with Crippen LogP contribution in [0.15, 0.2) is 12.3 Å². The topological polar surface area (TPSA) is 100 Å². The van der Waals surface area contributed by atoms with Gasteiger partial charge in [0.15, 0.2) is 0 Å². The van der Waals surface area contributed by atoms with Crippen molar-refractivity contribution in [3.05, 3.63) is 33.1 Å². The fourth-order valence-corrected chi connectivity index (χ4v) is 1.97. The van der Waals surface area contributed by atoms with Crippen LogP contribution in [-0.4, -0.2) is 33.8 Å². The molecule has 1 amide bonds. The smallest absolute Gasteiger partial charge is 0.300 e. The zero-order valence-electron chi connectivity index (χ0n) is 11.7. The third-order valence-corrected chi connectivity index (χ3v) is 2.85. The van der Waals surface area contributed by atoms with Gasteiger partial charge in [0.2, 0.25) is 0 Å². The number of nitrogens with zero attached hydrogens (tertiary/aromatic N) is 4. The van der Waals surface area contributed by atoms with Crippen LogP contribution in [0.2, 0.25) is 5.15 Å². The minimum atomic E-state index is -0.672. The summed E-state index contributed by atoms with van der Waals surface area (Å²) < 4.78 is 0. The molecule has 0 saturated carbocycles. The molecule has 21 heavy (non-hydrogen) atoms. The van der Waals surface area contributed by atoms with Crippen molar-refractivity contribution in [3.8, 4) is 6.07 Å². The van der Waals surface area contributed by atoms with Crippen LogP contribution in [0.25, 0.3) is 0 Å². The predicted octanol–water partition coefficient (Wildman–Crippen LogP) is 2.66. The Balaban J connectivity index is 3.16. The van der Waals surface area contributed by atoms with Gasteiger partial charge >= 0.3 is 0 Å². The fourth-order valence-electron chi connectivity index (χ4n) is 1.81. The maximum atomic E-state index is 12.5. The number of rotatable bonds is 6. The third kappa shape index (κ3) is 4.68. The first-order valence-electron chi connectivity index (χ1n) is 6.33. The highest BCUT2D eigenvalue weighted by Gasteiger charge is 2.26. The van der Waals surface area contributed by atoms with Crippen LogP contribution in [-0.2, 0) is 0 Å². The standard InChI is InChI=1S/C13H15ClN4O3/c1-9(2)8-17(5-3-4-15)13(19)10-6-12(14)16-7-11(10)18(20)21/h6-7,9H,3,5,8H2,1-2H3. The van der Waals surface area contributed by atoms with Gasteiger partial charge in [0, 0.05) is 13.1 Å². The summed E-state index contributed by atoms with van der Waals surface area (Å²) in [5.41, 5.74) is -0.506. The summed E-state index contributed by atoms with van der Waals surface area (Å²) in [7, 11) is 0. The molecule has 0 aromatic carbocycles. The molecular formula is C13H15ClN4O3. The van der Waals surface area contributed by atoms with Gasteiger partial charge in [-0.1, -0.05) is 25.4 Å². The minimum Gasteiger partial charge on any atom is -0.337 e. The monoisotopic (exact) mass is 310 g/mol. The second-order valence-electron chi connectivity index (χ2n) is 4.83. The van der Waals surface area contributed by atoms with E-state index in [1.54, 1.807) is 0 Å². The number of amides is 1. The summed E-state index contributed by atoms with van der Waals surface area (Å²) in [6.07, 6.45) is 1.12. The van der Waals surface area contributed by atoms with Crippen LogP contribution in [0.4, 0.5) is 5.69 Å². The number of halogens is 1. The lowest BCUT2D eigenvalue weighted by Gasteiger charge is -2.23. The molecule has 8 heteroatoms. The molecule has 7 nitrogen and oxygen atoms in total. The van der Waals surface area contributed by atoms with E-state index in [0.29, 0.717) is 6.54 Å². The molecule has 1 rings (SSSR count). The van der Waals surface area contributed by atoms with Crippen molar-refractivity contribution in [2.24, 2.45) is 5.92 Å². The Labute approximate surface area is 127 Å². The molecule has 0 aliphatic carbocycles. The summed E-state index contributed by atoms with van der Waals surface area (Å²) in [6, 6.07) is 3.14. The fraction of sp³-hybridized carbons (Fsp3) is 0.462. The second kappa shape index (κ2) is 7.55. The van der Waals surface area contributed by atoms with Crippen LogP contribution in [0.5, 0.6) is 0 Å². The Bertz CT molecular complexity index is 583. The third-order valence-electron chi connectivity index (χ3n) is 2.64. The van der Waals surface area contributed by atoms with Crippen LogP contribution in [0, 0.1) is 27.4 Å². The molecule has 0 atom stereocenters. The number of hydrogen-bond acceptors (Lipinski definition) is 5. The van der Waals surface area contributed by atoms with E-state index in [9.17, 15) is 14.9 Å². The highest BCUT2D eigenvalue weighted by atomic mass is 35.5. The molecule has 1 aromatic rings. The SMILES string of the molecule is CC(C)CN(CCC#N)C(=O)c1cc(Cl)ncc1[N+](=O)[O-]. The van der Waals surface area contributed by atoms with Crippen molar-refractivity contribution in [2.75, 3.05) is 13.1 Å². The largest absolute Gasteiger partial charge is 0.337 e. The molecule has 0 aliphatic heterocycles. The Hall–Kier alpha value is -2.20. The Morgan fingerprint density at radius 1 is 1.62 bits per heavy atom. The Morgan fingerprint density at radius 3 is 2.81 bits per heavy atom. The van der Waals surface area contributed by atoms with Crippen molar-refractivity contribution in [3.63, 3.8) is 0 Å². The number of aromatic nitrogens is 1. The second-order valence-corrected chi connectivity index (χ2v) is 5.22. The van der Waals surface area contributed by atoms with Gasteiger partial charge in [-0.25, -0.2) is 4.98 Å². The van der Waals surface area contributed by atoms with Crippen LogP contribution in [0.1, 0.15) is 30.6 Å². The van der Waals surface area contributed by atoms with Crippen LogP contribution in [0.3, 0.4) is 0 Å². The summed E-state index contributed by atoms with van der Waals surface area (Å²) >= 11 is 5.72. The van der Waals surface area contributed by atoms with Crippen molar-refractivity contribution in [1.82, 2.24) is 9.88 Å². The Kier molecular flexibility index (Phi) is 6.06. The molecule has 0 unspecified atom stereocenters. The van der Waals surface area contributed by atoms with Gasteiger partial charge in [-0.15, -0.1) is 0 Å². The summed E-state index contributed by atoms with van der Waals surface area (Å²) in [6.45, 7) is 4.45. The number of pyridine rings is 1. The highest BCUT2D eigenvalue weighted by molar-refractivity contribution is 6.29. The first-order chi connectivity index (χ1) is 9.86. The van der Waals surface area contributed by atoms with Crippen molar-refractivity contribution >= 4 is 23.2 Å². The number of hydrogen-bond donors (Lipinski definition) is 0. The van der Waals surface area contributed by atoms with Crippen molar-refractivity contribution in [2.45, 2.75) is 20.3 Å². The molecule has 1 heterocycles. The van der Waals surface area contributed by atoms with E-state index >= 15 is 0 Å². The summed E-state index contributed by atoms with van der Waals surface area (Å²) in [5.74, 6) is -0.348. The molecule has 112 valence electrons. The van der Waals surface area contributed by atoms with E-state index in [4.69, 9.17) is 16.9 Å². The van der Waals surface area contributed by atoms with Gasteiger partial charge in [-0.2, -0.15) is 5.26 Å². The zero-order valence-corrected chi connectivity index (χ0v) is 12.5. The molecule has 0 N–H and O–H groups in total. The van der Waals surface area contributed by atoms with Gasteiger partial charge < -0.3 is 4.90 Å².